The summed E-state index contributed by atoms with van der Waals surface area (Å²) < 4.78 is 1.87. The highest BCUT2D eigenvalue weighted by Crippen LogP contribution is 2.25. The minimum atomic E-state index is 0.296. The van der Waals surface area contributed by atoms with E-state index in [1.54, 1.807) is 0 Å². The molecule has 1 fully saturated rings. The predicted molar refractivity (Wildman–Crippen MR) is 68.0 cm³/mol. The standard InChI is InChI=1S/C12H20ClN3O/c1-9-12(13)11(15(2)14-9)8-16-5-3-10(7-16)4-6-17/h10,17H,3-8H2,1-2H3. The summed E-state index contributed by atoms with van der Waals surface area (Å²) in [6.07, 6.45) is 2.09. The van der Waals surface area contributed by atoms with Crippen LogP contribution in [0.2, 0.25) is 5.02 Å². The second kappa shape index (κ2) is 5.38. The van der Waals surface area contributed by atoms with Crippen molar-refractivity contribution in [2.24, 2.45) is 13.0 Å². The third kappa shape index (κ3) is 2.81. The van der Waals surface area contributed by atoms with Crippen molar-refractivity contribution in [1.82, 2.24) is 14.7 Å². The first-order valence-corrected chi connectivity index (χ1v) is 6.50. The Labute approximate surface area is 107 Å². The number of hydrogen-bond acceptors (Lipinski definition) is 3. The van der Waals surface area contributed by atoms with Crippen molar-refractivity contribution in [2.45, 2.75) is 26.3 Å². The number of hydrogen-bond donors (Lipinski definition) is 1. The average molecular weight is 258 g/mol. The maximum Gasteiger partial charge on any atom is 0.0860 e. The van der Waals surface area contributed by atoms with Gasteiger partial charge in [-0.15, -0.1) is 0 Å². The lowest BCUT2D eigenvalue weighted by Crippen LogP contribution is -2.22. The molecule has 1 atom stereocenters. The molecule has 0 saturated carbocycles. The van der Waals surface area contributed by atoms with Crippen LogP contribution in [0.4, 0.5) is 0 Å². The molecule has 0 radical (unpaired) electrons. The minimum Gasteiger partial charge on any atom is -0.396 e. The highest BCUT2D eigenvalue weighted by atomic mass is 35.5. The molecule has 17 heavy (non-hydrogen) atoms. The van der Waals surface area contributed by atoms with Crippen molar-refractivity contribution in [3.63, 3.8) is 0 Å². The van der Waals surface area contributed by atoms with E-state index in [-0.39, 0.29) is 0 Å². The van der Waals surface area contributed by atoms with Crippen LogP contribution in [-0.2, 0) is 13.6 Å². The summed E-state index contributed by atoms with van der Waals surface area (Å²) in [5.41, 5.74) is 1.99. The Hall–Kier alpha value is -0.580. The third-order valence-electron chi connectivity index (χ3n) is 3.54. The Bertz CT molecular complexity index is 391. The van der Waals surface area contributed by atoms with Gasteiger partial charge in [0.25, 0.3) is 0 Å². The molecule has 1 unspecified atom stereocenters. The molecule has 1 aliphatic rings. The Balaban J connectivity index is 1.98. The monoisotopic (exact) mass is 257 g/mol. The van der Waals surface area contributed by atoms with Gasteiger partial charge >= 0.3 is 0 Å². The Morgan fingerprint density at radius 3 is 2.88 bits per heavy atom. The fraction of sp³-hybridized carbons (Fsp3) is 0.750. The number of rotatable bonds is 4. The zero-order valence-electron chi connectivity index (χ0n) is 10.5. The molecule has 1 aromatic heterocycles. The van der Waals surface area contributed by atoms with Crippen LogP contribution in [-0.4, -0.2) is 39.5 Å². The summed E-state index contributed by atoms with van der Waals surface area (Å²) in [5.74, 6) is 0.632. The van der Waals surface area contributed by atoms with E-state index in [0.29, 0.717) is 12.5 Å². The largest absolute Gasteiger partial charge is 0.396 e. The van der Waals surface area contributed by atoms with Crippen molar-refractivity contribution in [1.29, 1.82) is 0 Å². The molecule has 0 aliphatic carbocycles. The highest BCUT2D eigenvalue weighted by molar-refractivity contribution is 6.31. The van der Waals surface area contributed by atoms with Crippen molar-refractivity contribution >= 4 is 11.6 Å². The van der Waals surface area contributed by atoms with Gasteiger partial charge in [0.15, 0.2) is 0 Å². The van der Waals surface area contributed by atoms with Crippen molar-refractivity contribution in [2.75, 3.05) is 19.7 Å². The number of nitrogens with zero attached hydrogens (tertiary/aromatic N) is 3. The number of aliphatic hydroxyl groups excluding tert-OH is 1. The van der Waals surface area contributed by atoms with Crippen LogP contribution in [0.15, 0.2) is 0 Å². The maximum atomic E-state index is 8.94. The fourth-order valence-electron chi connectivity index (χ4n) is 2.54. The number of halogens is 1. The van der Waals surface area contributed by atoms with Gasteiger partial charge in [-0.05, 0) is 32.2 Å². The van der Waals surface area contributed by atoms with E-state index in [2.05, 4.69) is 10.00 Å². The molecule has 0 aromatic carbocycles. The molecule has 0 bridgehead atoms. The van der Waals surface area contributed by atoms with Crippen molar-refractivity contribution < 1.29 is 5.11 Å². The summed E-state index contributed by atoms with van der Waals surface area (Å²) in [7, 11) is 1.94. The van der Waals surface area contributed by atoms with E-state index >= 15 is 0 Å². The average Bonchev–Trinajstić information content (AvgIpc) is 2.81. The van der Waals surface area contributed by atoms with Crippen molar-refractivity contribution in [3.05, 3.63) is 16.4 Å². The molecule has 1 N–H and O–H groups in total. The topological polar surface area (TPSA) is 41.3 Å². The lowest BCUT2D eigenvalue weighted by Gasteiger charge is -2.16. The van der Waals surface area contributed by atoms with Crippen LogP contribution in [0, 0.1) is 12.8 Å². The molecule has 1 aliphatic heterocycles. The van der Waals surface area contributed by atoms with E-state index < -0.39 is 0 Å². The van der Waals surface area contributed by atoms with Crippen molar-refractivity contribution in [3.8, 4) is 0 Å². The zero-order chi connectivity index (χ0) is 12.4. The fourth-order valence-corrected chi connectivity index (χ4v) is 2.76. The summed E-state index contributed by atoms with van der Waals surface area (Å²) in [6.45, 7) is 5.24. The molecule has 96 valence electrons. The van der Waals surface area contributed by atoms with Crippen LogP contribution in [0.1, 0.15) is 24.2 Å². The molecule has 0 amide bonds. The van der Waals surface area contributed by atoms with Crippen LogP contribution in [0.25, 0.3) is 0 Å². The first-order chi connectivity index (χ1) is 8.11. The second-order valence-electron chi connectivity index (χ2n) is 4.87. The predicted octanol–water partition coefficient (Wildman–Crippen LogP) is 1.59. The molecule has 5 heteroatoms. The summed E-state index contributed by atoms with van der Waals surface area (Å²) in [5, 5.41) is 14.1. The first-order valence-electron chi connectivity index (χ1n) is 6.13. The molecule has 0 spiro atoms. The Morgan fingerprint density at radius 1 is 1.53 bits per heavy atom. The van der Waals surface area contributed by atoms with Crippen LogP contribution >= 0.6 is 11.6 Å². The second-order valence-corrected chi connectivity index (χ2v) is 5.25. The van der Waals surface area contributed by atoms with Gasteiger partial charge in [0.05, 0.1) is 16.4 Å². The van der Waals surface area contributed by atoms with Gasteiger partial charge in [0.2, 0.25) is 0 Å². The zero-order valence-corrected chi connectivity index (χ0v) is 11.2. The van der Waals surface area contributed by atoms with Gasteiger partial charge in [0, 0.05) is 26.7 Å². The number of likely N-dealkylation sites (tertiary alicyclic amines) is 1. The van der Waals surface area contributed by atoms with Crippen LogP contribution in [0.5, 0.6) is 0 Å². The minimum absolute atomic E-state index is 0.296. The van der Waals surface area contributed by atoms with Gasteiger partial charge in [-0.2, -0.15) is 5.10 Å². The van der Waals surface area contributed by atoms with E-state index in [9.17, 15) is 0 Å². The lowest BCUT2D eigenvalue weighted by molar-refractivity contribution is 0.248. The van der Waals surface area contributed by atoms with Gasteiger partial charge in [-0.1, -0.05) is 11.6 Å². The first kappa shape index (κ1) is 12.9. The van der Waals surface area contributed by atoms with E-state index in [1.165, 1.54) is 6.42 Å². The quantitative estimate of drug-likeness (QED) is 0.891. The van der Waals surface area contributed by atoms with E-state index in [1.807, 2.05) is 18.7 Å². The van der Waals surface area contributed by atoms with Crippen LogP contribution < -0.4 is 0 Å². The molecule has 2 heterocycles. The van der Waals surface area contributed by atoms with Gasteiger partial charge in [-0.25, -0.2) is 0 Å². The van der Waals surface area contributed by atoms with E-state index in [4.69, 9.17) is 16.7 Å². The molecule has 1 saturated heterocycles. The van der Waals surface area contributed by atoms with Gasteiger partial charge < -0.3 is 5.11 Å². The number of aromatic nitrogens is 2. The number of aryl methyl sites for hydroxylation is 2. The van der Waals surface area contributed by atoms with E-state index in [0.717, 1.165) is 42.5 Å². The Kier molecular flexibility index (Phi) is 4.07. The summed E-state index contributed by atoms with van der Waals surface area (Å²) in [4.78, 5) is 2.39. The van der Waals surface area contributed by atoms with Gasteiger partial charge in [-0.3, -0.25) is 9.58 Å². The molecule has 1 aromatic rings. The molecular weight excluding hydrogens is 238 g/mol. The third-order valence-corrected chi connectivity index (χ3v) is 4.03. The molecule has 4 nitrogen and oxygen atoms in total. The summed E-state index contributed by atoms with van der Waals surface area (Å²) in [6, 6.07) is 0. The Morgan fingerprint density at radius 2 is 2.29 bits per heavy atom. The highest BCUT2D eigenvalue weighted by Gasteiger charge is 2.24. The smallest absolute Gasteiger partial charge is 0.0860 e. The van der Waals surface area contributed by atoms with Crippen LogP contribution in [0.3, 0.4) is 0 Å². The molecular formula is C12H20ClN3O. The van der Waals surface area contributed by atoms with Gasteiger partial charge in [0.1, 0.15) is 0 Å². The SMILES string of the molecule is Cc1nn(C)c(CN2CCC(CCO)C2)c1Cl. The normalized spacial score (nSPS) is 21.3. The maximum absolute atomic E-state index is 8.94. The lowest BCUT2D eigenvalue weighted by atomic mass is 10.1. The summed E-state index contributed by atoms with van der Waals surface area (Å²) >= 11 is 6.24. The molecule has 2 rings (SSSR count). The number of aliphatic hydroxyl groups is 1.